The van der Waals surface area contributed by atoms with Crippen LogP contribution in [0.3, 0.4) is 0 Å². The molecule has 0 aliphatic carbocycles. The molecule has 0 aromatic heterocycles. The van der Waals surface area contributed by atoms with Gasteiger partial charge in [0.2, 0.25) is 0 Å². The molecule has 17 heavy (non-hydrogen) atoms. The van der Waals surface area contributed by atoms with Crippen LogP contribution in [-0.4, -0.2) is 0 Å². The van der Waals surface area contributed by atoms with E-state index < -0.39 is 0 Å². The summed E-state index contributed by atoms with van der Waals surface area (Å²) in [7, 11) is 0.728. The molecule has 0 aliphatic rings. The van der Waals surface area contributed by atoms with Crippen molar-refractivity contribution in [3.05, 3.63) is 66.7 Å². The molecule has 0 nitrogen and oxygen atoms in total. The van der Waals surface area contributed by atoms with Crippen molar-refractivity contribution in [2.45, 2.75) is 13.8 Å². The third kappa shape index (κ3) is 4.54. The molecule has 0 heterocycles. The quantitative estimate of drug-likeness (QED) is 0.714. The summed E-state index contributed by atoms with van der Waals surface area (Å²) < 4.78 is 0. The van der Waals surface area contributed by atoms with E-state index in [2.05, 4.69) is 55.1 Å². The SMILES string of the molecule is C=Cc1cccc(Pc2ccccc2)c1.CC. The van der Waals surface area contributed by atoms with E-state index in [1.165, 1.54) is 16.2 Å². The molecule has 0 N–H and O–H groups in total. The van der Waals surface area contributed by atoms with Gasteiger partial charge in [-0.3, -0.25) is 0 Å². The predicted octanol–water partition coefficient (Wildman–Crippen LogP) is 3.99. The molecule has 0 aliphatic heterocycles. The van der Waals surface area contributed by atoms with Crippen LogP contribution in [0, 0.1) is 0 Å². The van der Waals surface area contributed by atoms with E-state index in [4.69, 9.17) is 0 Å². The fourth-order valence-electron chi connectivity index (χ4n) is 1.43. The van der Waals surface area contributed by atoms with Crippen molar-refractivity contribution in [2.24, 2.45) is 0 Å². The maximum absolute atomic E-state index is 3.78. The lowest BCUT2D eigenvalue weighted by atomic mass is 10.2. The van der Waals surface area contributed by atoms with Crippen LogP contribution in [0.1, 0.15) is 19.4 Å². The Kier molecular flexibility index (Phi) is 6.29. The van der Waals surface area contributed by atoms with Gasteiger partial charge in [-0.15, -0.1) is 0 Å². The summed E-state index contributed by atoms with van der Waals surface area (Å²) in [5.41, 5.74) is 1.19. The minimum atomic E-state index is 0.728. The highest BCUT2D eigenvalue weighted by atomic mass is 31.1. The number of rotatable bonds is 3. The minimum absolute atomic E-state index is 0.728. The van der Waals surface area contributed by atoms with Gasteiger partial charge in [-0.25, -0.2) is 0 Å². The molecule has 2 rings (SSSR count). The van der Waals surface area contributed by atoms with E-state index in [1.54, 1.807) is 0 Å². The summed E-state index contributed by atoms with van der Waals surface area (Å²) >= 11 is 0. The lowest BCUT2D eigenvalue weighted by Crippen LogP contribution is -2.02. The van der Waals surface area contributed by atoms with Crippen LogP contribution in [-0.2, 0) is 0 Å². The first-order valence-corrected chi connectivity index (χ1v) is 6.93. The number of hydrogen-bond donors (Lipinski definition) is 0. The molecule has 1 atom stereocenters. The van der Waals surface area contributed by atoms with Gasteiger partial charge in [-0.1, -0.05) is 83.6 Å². The van der Waals surface area contributed by atoms with Gasteiger partial charge >= 0.3 is 0 Å². The van der Waals surface area contributed by atoms with Crippen LogP contribution in [0.2, 0.25) is 0 Å². The summed E-state index contributed by atoms with van der Waals surface area (Å²) in [5, 5.41) is 2.73. The fourth-order valence-corrected chi connectivity index (χ4v) is 2.54. The Morgan fingerprint density at radius 3 is 2.18 bits per heavy atom. The summed E-state index contributed by atoms with van der Waals surface area (Å²) in [6, 6.07) is 19.1. The van der Waals surface area contributed by atoms with E-state index in [0.717, 1.165) is 8.58 Å². The zero-order valence-electron chi connectivity index (χ0n) is 10.5. The monoisotopic (exact) mass is 242 g/mol. The van der Waals surface area contributed by atoms with Crippen molar-refractivity contribution in [3.63, 3.8) is 0 Å². The molecule has 2 aromatic carbocycles. The molecule has 0 bridgehead atoms. The molecule has 88 valence electrons. The van der Waals surface area contributed by atoms with E-state index in [0.29, 0.717) is 0 Å². The largest absolute Gasteiger partial charge is 0.0985 e. The molecule has 0 spiro atoms. The second-order valence-corrected chi connectivity index (χ2v) is 4.73. The third-order valence-electron chi connectivity index (χ3n) is 2.18. The fraction of sp³-hybridized carbons (Fsp3) is 0.125. The van der Waals surface area contributed by atoms with Gasteiger partial charge in [-0.2, -0.15) is 0 Å². The van der Waals surface area contributed by atoms with E-state index in [1.807, 2.05) is 26.0 Å². The Morgan fingerprint density at radius 2 is 1.53 bits per heavy atom. The first-order chi connectivity index (χ1) is 8.38. The van der Waals surface area contributed by atoms with Crippen molar-refractivity contribution >= 4 is 25.3 Å². The highest BCUT2D eigenvalue weighted by Gasteiger charge is 1.95. The maximum atomic E-state index is 3.78. The van der Waals surface area contributed by atoms with E-state index in [-0.39, 0.29) is 0 Å². The van der Waals surface area contributed by atoms with Crippen LogP contribution in [0.5, 0.6) is 0 Å². The summed E-state index contributed by atoms with van der Waals surface area (Å²) in [6.45, 7) is 7.78. The van der Waals surface area contributed by atoms with E-state index in [9.17, 15) is 0 Å². The van der Waals surface area contributed by atoms with E-state index >= 15 is 0 Å². The lowest BCUT2D eigenvalue weighted by Gasteiger charge is -2.02. The normalized spacial score (nSPS) is 9.76. The van der Waals surface area contributed by atoms with Crippen molar-refractivity contribution in [3.8, 4) is 0 Å². The number of hydrogen-bond acceptors (Lipinski definition) is 0. The molecular weight excluding hydrogens is 223 g/mol. The Hall–Kier alpha value is -1.39. The molecular formula is C16H19P. The molecule has 1 unspecified atom stereocenters. The predicted molar refractivity (Wildman–Crippen MR) is 81.9 cm³/mol. The zero-order valence-corrected chi connectivity index (χ0v) is 11.5. The second-order valence-electron chi connectivity index (χ2n) is 3.32. The highest BCUT2D eigenvalue weighted by molar-refractivity contribution is 7.55. The third-order valence-corrected chi connectivity index (χ3v) is 3.41. The van der Waals surface area contributed by atoms with Crippen LogP contribution in [0.15, 0.2) is 61.2 Å². The first-order valence-electron chi connectivity index (χ1n) is 5.93. The molecule has 0 radical (unpaired) electrons. The molecule has 0 fully saturated rings. The molecule has 2 aromatic rings. The van der Waals surface area contributed by atoms with Crippen LogP contribution >= 0.6 is 8.58 Å². The molecule has 0 saturated carbocycles. The Labute approximate surface area is 106 Å². The summed E-state index contributed by atoms with van der Waals surface area (Å²) in [4.78, 5) is 0. The van der Waals surface area contributed by atoms with Gasteiger partial charge < -0.3 is 0 Å². The summed E-state index contributed by atoms with van der Waals surface area (Å²) in [5.74, 6) is 0. The highest BCUT2D eigenvalue weighted by Crippen LogP contribution is 2.11. The second kappa shape index (κ2) is 7.81. The van der Waals surface area contributed by atoms with Crippen molar-refractivity contribution in [1.29, 1.82) is 0 Å². The van der Waals surface area contributed by atoms with Crippen LogP contribution in [0.4, 0.5) is 0 Å². The van der Waals surface area contributed by atoms with Crippen LogP contribution in [0.25, 0.3) is 6.08 Å². The van der Waals surface area contributed by atoms with Gasteiger partial charge in [0.15, 0.2) is 0 Å². The standard InChI is InChI=1S/C14H13P.C2H6/c1-2-12-7-6-10-14(11-12)15-13-8-4-3-5-9-13;1-2/h2-11,15H,1H2;1-2H3. The average Bonchev–Trinajstić information content (AvgIpc) is 2.42. The smallest absolute Gasteiger partial charge is 0.0220 e. The van der Waals surface area contributed by atoms with Gasteiger partial charge in [0, 0.05) is 0 Å². The zero-order chi connectivity index (χ0) is 12.5. The Morgan fingerprint density at radius 1 is 0.882 bits per heavy atom. The minimum Gasteiger partial charge on any atom is -0.0985 e. The van der Waals surface area contributed by atoms with Gasteiger partial charge in [-0.05, 0) is 22.2 Å². The molecule has 1 heteroatoms. The van der Waals surface area contributed by atoms with Crippen molar-refractivity contribution in [1.82, 2.24) is 0 Å². The molecule has 0 saturated heterocycles. The topological polar surface area (TPSA) is 0 Å². The maximum Gasteiger partial charge on any atom is -0.0220 e. The molecule has 0 amide bonds. The van der Waals surface area contributed by atoms with Crippen molar-refractivity contribution in [2.75, 3.05) is 0 Å². The first kappa shape index (κ1) is 13.7. The van der Waals surface area contributed by atoms with Gasteiger partial charge in [0.25, 0.3) is 0 Å². The number of benzene rings is 2. The Balaban J connectivity index is 0.000000686. The van der Waals surface area contributed by atoms with Crippen molar-refractivity contribution < 1.29 is 0 Å². The van der Waals surface area contributed by atoms with Gasteiger partial charge in [0.05, 0.1) is 0 Å². The lowest BCUT2D eigenvalue weighted by molar-refractivity contribution is 1.50. The van der Waals surface area contributed by atoms with Crippen LogP contribution < -0.4 is 10.6 Å². The Bertz CT molecular complexity index is 446. The summed E-state index contributed by atoms with van der Waals surface area (Å²) in [6.07, 6.45) is 1.89. The average molecular weight is 242 g/mol. The van der Waals surface area contributed by atoms with Gasteiger partial charge in [0.1, 0.15) is 0 Å².